The molecule has 108 valence electrons. The summed E-state index contributed by atoms with van der Waals surface area (Å²) in [6.45, 7) is -0.444. The minimum atomic E-state index is -3.87. The van der Waals surface area contributed by atoms with Gasteiger partial charge in [0.05, 0.1) is 17.1 Å². The number of benzene rings is 1. The number of hydrogen-bond acceptors (Lipinski definition) is 5. The zero-order valence-corrected chi connectivity index (χ0v) is 11.1. The van der Waals surface area contributed by atoms with Crippen LogP contribution in [0.2, 0.25) is 0 Å². The van der Waals surface area contributed by atoms with E-state index in [-0.39, 0.29) is 30.2 Å². The second-order valence-electron chi connectivity index (χ2n) is 3.67. The van der Waals surface area contributed by atoms with E-state index < -0.39 is 21.7 Å². The first-order chi connectivity index (χ1) is 9.36. The number of sulfonamides is 1. The van der Waals surface area contributed by atoms with Crippen LogP contribution in [0.5, 0.6) is 0 Å². The molecular weight excluding hydrogens is 289 g/mol. The molecule has 0 radical (unpaired) electrons. The van der Waals surface area contributed by atoms with Crippen molar-refractivity contribution in [1.82, 2.24) is 4.72 Å². The van der Waals surface area contributed by atoms with Crippen LogP contribution in [0.4, 0.5) is 4.39 Å². The van der Waals surface area contributed by atoms with Gasteiger partial charge in [-0.15, -0.1) is 0 Å². The third kappa shape index (κ3) is 4.58. The van der Waals surface area contributed by atoms with Crippen molar-refractivity contribution in [2.24, 2.45) is 5.73 Å². The molecule has 0 aliphatic rings. The Morgan fingerprint density at radius 2 is 2.20 bits per heavy atom. The second kappa shape index (κ2) is 6.95. The summed E-state index contributed by atoms with van der Waals surface area (Å²) < 4.78 is 43.7. The van der Waals surface area contributed by atoms with Crippen molar-refractivity contribution in [2.45, 2.75) is 4.90 Å². The molecule has 0 bridgehead atoms. The summed E-state index contributed by atoms with van der Waals surface area (Å²) in [6.07, 6.45) is 0. The zero-order valence-electron chi connectivity index (χ0n) is 10.3. The second-order valence-corrected chi connectivity index (χ2v) is 5.44. The van der Waals surface area contributed by atoms with Gasteiger partial charge in [-0.05, 0) is 18.2 Å². The Labute approximate surface area is 115 Å². The molecule has 0 aromatic heterocycles. The molecule has 1 rings (SSSR count). The molecule has 1 aromatic rings. The number of nitrogens with zero attached hydrogens (tertiary/aromatic N) is 1. The van der Waals surface area contributed by atoms with Gasteiger partial charge in [-0.2, -0.15) is 5.26 Å². The number of amides is 1. The van der Waals surface area contributed by atoms with E-state index in [1.165, 1.54) is 0 Å². The lowest BCUT2D eigenvalue weighted by atomic mass is 10.2. The number of rotatable bonds is 7. The van der Waals surface area contributed by atoms with E-state index in [1.807, 2.05) is 0 Å². The van der Waals surface area contributed by atoms with Gasteiger partial charge in [-0.3, -0.25) is 4.79 Å². The number of carbonyl (C=O) groups excluding carboxylic acids is 1. The standard InChI is InChI=1S/C11H12FN3O4S/c12-10-2-1-9(5-8(10)6-13)20(17,18)15-3-4-19-7-11(14)16/h1-2,5,15H,3-4,7H2,(H2,14,16). The van der Waals surface area contributed by atoms with Crippen LogP contribution in [-0.4, -0.2) is 34.1 Å². The fourth-order valence-electron chi connectivity index (χ4n) is 1.26. The molecular formula is C11H12FN3O4S. The fraction of sp³-hybridized carbons (Fsp3) is 0.273. The van der Waals surface area contributed by atoms with Crippen molar-refractivity contribution in [3.63, 3.8) is 0 Å². The summed E-state index contributed by atoms with van der Waals surface area (Å²) >= 11 is 0. The third-order valence-electron chi connectivity index (χ3n) is 2.15. The Morgan fingerprint density at radius 1 is 1.50 bits per heavy atom. The maximum Gasteiger partial charge on any atom is 0.243 e. The van der Waals surface area contributed by atoms with E-state index in [0.717, 1.165) is 18.2 Å². The highest BCUT2D eigenvalue weighted by atomic mass is 32.2. The average molecular weight is 301 g/mol. The number of primary amides is 1. The Morgan fingerprint density at radius 3 is 2.80 bits per heavy atom. The molecule has 9 heteroatoms. The Balaban J connectivity index is 2.65. The highest BCUT2D eigenvalue weighted by molar-refractivity contribution is 7.89. The lowest BCUT2D eigenvalue weighted by molar-refractivity contribution is -0.122. The van der Waals surface area contributed by atoms with E-state index in [2.05, 4.69) is 4.72 Å². The summed E-state index contributed by atoms with van der Waals surface area (Å²) in [5, 5.41) is 8.64. The van der Waals surface area contributed by atoms with Crippen molar-refractivity contribution in [3.05, 3.63) is 29.6 Å². The highest BCUT2D eigenvalue weighted by Crippen LogP contribution is 2.14. The zero-order chi connectivity index (χ0) is 15.2. The van der Waals surface area contributed by atoms with E-state index in [4.69, 9.17) is 15.7 Å². The van der Waals surface area contributed by atoms with Crippen molar-refractivity contribution >= 4 is 15.9 Å². The van der Waals surface area contributed by atoms with Crippen LogP contribution < -0.4 is 10.5 Å². The lowest BCUT2D eigenvalue weighted by Gasteiger charge is -2.07. The monoisotopic (exact) mass is 301 g/mol. The molecule has 0 heterocycles. The van der Waals surface area contributed by atoms with Crippen LogP contribution in [0.15, 0.2) is 23.1 Å². The molecule has 0 unspecified atom stereocenters. The van der Waals surface area contributed by atoms with Crippen LogP contribution in [0.1, 0.15) is 5.56 Å². The van der Waals surface area contributed by atoms with E-state index >= 15 is 0 Å². The smallest absolute Gasteiger partial charge is 0.243 e. The van der Waals surface area contributed by atoms with Crippen molar-refractivity contribution in [3.8, 4) is 6.07 Å². The van der Waals surface area contributed by atoms with Gasteiger partial charge in [0, 0.05) is 6.54 Å². The highest BCUT2D eigenvalue weighted by Gasteiger charge is 2.15. The van der Waals surface area contributed by atoms with Crippen LogP contribution >= 0.6 is 0 Å². The largest absolute Gasteiger partial charge is 0.370 e. The molecule has 3 N–H and O–H groups in total. The van der Waals surface area contributed by atoms with Crippen LogP contribution in [0, 0.1) is 17.1 Å². The lowest BCUT2D eigenvalue weighted by Crippen LogP contribution is -2.29. The van der Waals surface area contributed by atoms with Crippen LogP contribution in [0.3, 0.4) is 0 Å². The van der Waals surface area contributed by atoms with Crippen molar-refractivity contribution in [2.75, 3.05) is 19.8 Å². The molecule has 0 spiro atoms. The minimum absolute atomic E-state index is 0.0472. The first-order valence-corrected chi connectivity index (χ1v) is 6.90. The van der Waals surface area contributed by atoms with Gasteiger partial charge < -0.3 is 10.5 Å². The first kappa shape index (κ1) is 16.0. The van der Waals surface area contributed by atoms with Gasteiger partial charge in [0.1, 0.15) is 18.5 Å². The van der Waals surface area contributed by atoms with Crippen molar-refractivity contribution in [1.29, 1.82) is 5.26 Å². The summed E-state index contributed by atoms with van der Waals surface area (Å²) in [5.74, 6) is -1.46. The summed E-state index contributed by atoms with van der Waals surface area (Å²) in [7, 11) is -3.87. The summed E-state index contributed by atoms with van der Waals surface area (Å²) in [6, 6.07) is 4.43. The van der Waals surface area contributed by atoms with Crippen molar-refractivity contribution < 1.29 is 22.3 Å². The van der Waals surface area contributed by atoms with Gasteiger partial charge in [-0.25, -0.2) is 17.5 Å². The number of nitriles is 1. The number of nitrogens with one attached hydrogen (secondary N) is 1. The first-order valence-electron chi connectivity index (χ1n) is 5.42. The summed E-state index contributed by atoms with van der Waals surface area (Å²) in [4.78, 5) is 10.1. The van der Waals surface area contributed by atoms with Gasteiger partial charge in [0.25, 0.3) is 0 Å². The Bertz CT molecular complexity index is 640. The number of carbonyl (C=O) groups is 1. The predicted octanol–water partition coefficient (Wildman–Crippen LogP) is -0.522. The number of hydrogen-bond donors (Lipinski definition) is 2. The molecule has 0 saturated heterocycles. The maximum absolute atomic E-state index is 13.1. The normalized spacial score (nSPS) is 11.0. The van der Waals surface area contributed by atoms with E-state index in [1.54, 1.807) is 6.07 Å². The molecule has 0 aliphatic carbocycles. The maximum atomic E-state index is 13.1. The average Bonchev–Trinajstić information content (AvgIpc) is 2.38. The van der Waals surface area contributed by atoms with Crippen LogP contribution in [0.25, 0.3) is 0 Å². The molecule has 1 aromatic carbocycles. The van der Waals surface area contributed by atoms with E-state index in [9.17, 15) is 17.6 Å². The number of ether oxygens (including phenoxy) is 1. The van der Waals surface area contributed by atoms with Gasteiger partial charge in [0.2, 0.25) is 15.9 Å². The van der Waals surface area contributed by atoms with Crippen LogP contribution in [-0.2, 0) is 19.6 Å². The molecule has 0 fully saturated rings. The molecule has 0 atom stereocenters. The quantitative estimate of drug-likeness (QED) is 0.656. The Kier molecular flexibility index (Phi) is 5.57. The molecule has 20 heavy (non-hydrogen) atoms. The van der Waals surface area contributed by atoms with E-state index in [0.29, 0.717) is 0 Å². The van der Waals surface area contributed by atoms with Gasteiger partial charge >= 0.3 is 0 Å². The van der Waals surface area contributed by atoms with Gasteiger partial charge in [0.15, 0.2) is 0 Å². The van der Waals surface area contributed by atoms with Gasteiger partial charge in [-0.1, -0.05) is 0 Å². The molecule has 1 amide bonds. The SMILES string of the molecule is N#Cc1cc(S(=O)(=O)NCCOCC(N)=O)ccc1F. The number of nitrogens with two attached hydrogens (primary N) is 1. The molecule has 7 nitrogen and oxygen atoms in total. The predicted molar refractivity (Wildman–Crippen MR) is 66.3 cm³/mol. The third-order valence-corrected chi connectivity index (χ3v) is 3.61. The Hall–Kier alpha value is -2.02. The molecule has 0 aliphatic heterocycles. The topological polar surface area (TPSA) is 122 Å². The number of halogens is 1. The minimum Gasteiger partial charge on any atom is -0.370 e. The molecule has 0 saturated carbocycles. The fourth-order valence-corrected chi connectivity index (χ4v) is 2.30. The summed E-state index contributed by atoms with van der Waals surface area (Å²) in [5.41, 5.74) is 4.47.